The van der Waals surface area contributed by atoms with Crippen molar-refractivity contribution in [3.8, 4) is 5.69 Å². The predicted molar refractivity (Wildman–Crippen MR) is 60.3 cm³/mol. The Bertz CT molecular complexity index is 647. The zero-order chi connectivity index (χ0) is 12.5. The molecule has 2 aromatic rings. The van der Waals surface area contributed by atoms with Gasteiger partial charge in [0.2, 0.25) is 0 Å². The highest BCUT2D eigenvalue weighted by Crippen LogP contribution is 2.15. The highest BCUT2D eigenvalue weighted by Gasteiger charge is 2.20. The second-order valence-electron chi connectivity index (χ2n) is 3.30. The lowest BCUT2D eigenvalue weighted by Crippen LogP contribution is -2.15. The van der Waals surface area contributed by atoms with Crippen LogP contribution in [0.4, 0.5) is 0 Å². The van der Waals surface area contributed by atoms with E-state index in [4.69, 9.17) is 5.14 Å². The average molecular weight is 251 g/mol. The largest absolute Gasteiger partial charge is 0.296 e. The minimum Gasteiger partial charge on any atom is -0.296 e. The van der Waals surface area contributed by atoms with Gasteiger partial charge in [-0.1, -0.05) is 18.2 Å². The summed E-state index contributed by atoms with van der Waals surface area (Å²) < 4.78 is 23.8. The third kappa shape index (κ3) is 2.10. The van der Waals surface area contributed by atoms with Crippen LogP contribution >= 0.6 is 0 Å². The average Bonchev–Trinajstić information content (AvgIpc) is 2.73. The Balaban J connectivity index is 2.67. The first-order valence-corrected chi connectivity index (χ1v) is 6.19. The molecule has 7 heteroatoms. The van der Waals surface area contributed by atoms with E-state index in [1.807, 2.05) is 6.07 Å². The van der Waals surface area contributed by atoms with Crippen LogP contribution in [0, 0.1) is 0 Å². The quantitative estimate of drug-likeness (QED) is 0.795. The van der Waals surface area contributed by atoms with Crippen molar-refractivity contribution < 1.29 is 13.2 Å². The minimum atomic E-state index is -4.00. The van der Waals surface area contributed by atoms with Crippen LogP contribution in [-0.4, -0.2) is 24.3 Å². The number of carbonyl (C=O) groups is 1. The van der Waals surface area contributed by atoms with Crippen molar-refractivity contribution in [2.75, 3.05) is 0 Å². The summed E-state index contributed by atoms with van der Waals surface area (Å²) in [5.74, 6) is 0. The first-order chi connectivity index (χ1) is 8.04. The van der Waals surface area contributed by atoms with Gasteiger partial charge in [0, 0.05) is 5.69 Å². The molecule has 0 atom stereocenters. The predicted octanol–water partition coefficient (Wildman–Crippen LogP) is 0.332. The molecule has 1 aromatic carbocycles. The van der Waals surface area contributed by atoms with Crippen LogP contribution in [0.25, 0.3) is 5.69 Å². The van der Waals surface area contributed by atoms with Gasteiger partial charge in [-0.05, 0) is 12.1 Å². The van der Waals surface area contributed by atoms with Gasteiger partial charge in [-0.25, -0.2) is 18.5 Å². The maximum absolute atomic E-state index is 11.2. The second-order valence-corrected chi connectivity index (χ2v) is 4.78. The van der Waals surface area contributed by atoms with Crippen molar-refractivity contribution in [1.29, 1.82) is 0 Å². The number of aldehydes is 1. The van der Waals surface area contributed by atoms with E-state index in [1.165, 1.54) is 10.9 Å². The molecule has 1 aromatic heterocycles. The fourth-order valence-electron chi connectivity index (χ4n) is 1.46. The molecule has 0 fully saturated rings. The van der Waals surface area contributed by atoms with Gasteiger partial charge < -0.3 is 0 Å². The second kappa shape index (κ2) is 4.11. The first-order valence-electron chi connectivity index (χ1n) is 4.65. The summed E-state index contributed by atoms with van der Waals surface area (Å²) in [5.41, 5.74) is 0.552. The molecule has 17 heavy (non-hydrogen) atoms. The van der Waals surface area contributed by atoms with Crippen molar-refractivity contribution >= 4 is 16.3 Å². The van der Waals surface area contributed by atoms with Gasteiger partial charge in [0.25, 0.3) is 10.0 Å². The Labute approximate surface area is 97.8 Å². The molecule has 0 saturated carbocycles. The van der Waals surface area contributed by atoms with Crippen molar-refractivity contribution in [2.45, 2.75) is 5.03 Å². The zero-order valence-electron chi connectivity index (χ0n) is 8.65. The number of nitrogens with two attached hydrogens (primary N) is 1. The highest BCUT2D eigenvalue weighted by molar-refractivity contribution is 7.89. The number of rotatable bonds is 3. The van der Waals surface area contributed by atoms with E-state index in [0.29, 0.717) is 12.0 Å². The van der Waals surface area contributed by atoms with Crippen LogP contribution in [0.1, 0.15) is 10.5 Å². The zero-order valence-corrected chi connectivity index (χ0v) is 9.46. The summed E-state index contributed by atoms with van der Waals surface area (Å²) in [6.07, 6.45) is 1.67. The lowest BCUT2D eigenvalue weighted by Gasteiger charge is -2.03. The number of benzene rings is 1. The van der Waals surface area contributed by atoms with Crippen molar-refractivity contribution in [2.24, 2.45) is 5.14 Å². The van der Waals surface area contributed by atoms with Gasteiger partial charge in [0.05, 0.1) is 0 Å². The van der Waals surface area contributed by atoms with E-state index in [1.54, 1.807) is 24.3 Å². The Morgan fingerprint density at radius 1 is 1.24 bits per heavy atom. The van der Waals surface area contributed by atoms with Crippen molar-refractivity contribution in [1.82, 2.24) is 9.55 Å². The molecule has 2 N–H and O–H groups in total. The molecule has 0 amide bonds. The third-order valence-electron chi connectivity index (χ3n) is 2.18. The fourth-order valence-corrected chi connectivity index (χ4v) is 2.09. The Hall–Kier alpha value is -1.99. The summed E-state index contributed by atoms with van der Waals surface area (Å²) in [4.78, 5) is 14.6. The van der Waals surface area contributed by atoms with Crippen LogP contribution in [0.3, 0.4) is 0 Å². The summed E-state index contributed by atoms with van der Waals surface area (Å²) in [6, 6.07) is 8.78. The van der Waals surface area contributed by atoms with Crippen molar-refractivity contribution in [3.63, 3.8) is 0 Å². The summed E-state index contributed by atoms with van der Waals surface area (Å²) in [6.45, 7) is 0. The Morgan fingerprint density at radius 3 is 2.41 bits per heavy atom. The topological polar surface area (TPSA) is 95.1 Å². The molecule has 6 nitrogen and oxygen atoms in total. The molecule has 0 aliphatic rings. The molecule has 0 spiro atoms. The molecule has 1 heterocycles. The Kier molecular flexibility index (Phi) is 2.78. The fraction of sp³-hybridized carbons (Fsp3) is 0. The van der Waals surface area contributed by atoms with E-state index in [-0.39, 0.29) is 5.69 Å². The van der Waals surface area contributed by atoms with Crippen LogP contribution in [0.15, 0.2) is 41.7 Å². The molecule has 2 rings (SSSR count). The first kappa shape index (κ1) is 11.5. The van der Waals surface area contributed by atoms with Gasteiger partial charge in [-0.3, -0.25) is 9.36 Å². The van der Waals surface area contributed by atoms with E-state index >= 15 is 0 Å². The molecule has 0 radical (unpaired) electrons. The number of aromatic nitrogens is 2. The molecule has 0 unspecified atom stereocenters. The van der Waals surface area contributed by atoms with Crippen LogP contribution in [0.5, 0.6) is 0 Å². The van der Waals surface area contributed by atoms with Gasteiger partial charge in [0.15, 0.2) is 11.3 Å². The maximum atomic E-state index is 11.2. The number of nitrogens with zero attached hydrogens (tertiary/aromatic N) is 2. The van der Waals surface area contributed by atoms with Gasteiger partial charge in [-0.2, -0.15) is 0 Å². The molecule has 0 aliphatic carbocycles. The van der Waals surface area contributed by atoms with E-state index in [9.17, 15) is 13.2 Å². The van der Waals surface area contributed by atoms with Gasteiger partial charge in [-0.15, -0.1) is 0 Å². The normalized spacial score (nSPS) is 11.4. The highest BCUT2D eigenvalue weighted by atomic mass is 32.2. The molecular formula is C10H9N3O3S. The van der Waals surface area contributed by atoms with Gasteiger partial charge in [0.1, 0.15) is 12.0 Å². The SMILES string of the molecule is NS(=O)(=O)c1ncn(-c2ccccc2)c1C=O. The lowest BCUT2D eigenvalue weighted by atomic mass is 10.3. The third-order valence-corrected chi connectivity index (χ3v) is 3.04. The standard InChI is InChI=1S/C10H9N3O3S/c11-17(15,16)10-9(6-14)13(7-12-10)8-4-2-1-3-5-8/h1-7H,(H2,11,15,16). The van der Waals surface area contributed by atoms with Crippen LogP contribution in [-0.2, 0) is 10.0 Å². The molecule has 0 saturated heterocycles. The number of imidazole rings is 1. The number of hydrogen-bond acceptors (Lipinski definition) is 4. The lowest BCUT2D eigenvalue weighted by molar-refractivity contribution is 0.111. The Morgan fingerprint density at radius 2 is 1.88 bits per heavy atom. The van der Waals surface area contributed by atoms with Gasteiger partial charge >= 0.3 is 0 Å². The van der Waals surface area contributed by atoms with E-state index in [2.05, 4.69) is 4.98 Å². The number of sulfonamides is 1. The summed E-state index contributed by atoms with van der Waals surface area (Å²) in [7, 11) is -4.00. The maximum Gasteiger partial charge on any atom is 0.257 e. The van der Waals surface area contributed by atoms with E-state index < -0.39 is 15.0 Å². The van der Waals surface area contributed by atoms with Crippen molar-refractivity contribution in [3.05, 3.63) is 42.4 Å². The number of carbonyl (C=O) groups excluding carboxylic acids is 1. The molecular weight excluding hydrogens is 242 g/mol. The molecule has 0 bridgehead atoms. The van der Waals surface area contributed by atoms with Crippen LogP contribution < -0.4 is 5.14 Å². The van der Waals surface area contributed by atoms with E-state index in [0.717, 1.165) is 0 Å². The monoisotopic (exact) mass is 251 g/mol. The minimum absolute atomic E-state index is 0.0845. The summed E-state index contributed by atoms with van der Waals surface area (Å²) >= 11 is 0. The number of primary sulfonamides is 1. The smallest absolute Gasteiger partial charge is 0.257 e. The molecule has 0 aliphatic heterocycles. The van der Waals surface area contributed by atoms with Crippen LogP contribution in [0.2, 0.25) is 0 Å². The number of hydrogen-bond donors (Lipinski definition) is 1. The molecule has 88 valence electrons. The summed E-state index contributed by atoms with van der Waals surface area (Å²) in [5, 5.41) is 4.54. The number of para-hydroxylation sites is 1.